The van der Waals surface area contributed by atoms with Gasteiger partial charge in [0.1, 0.15) is 6.26 Å². The molecular formula is C21H17BrN4OS. The van der Waals surface area contributed by atoms with Gasteiger partial charge >= 0.3 is 0 Å². The summed E-state index contributed by atoms with van der Waals surface area (Å²) < 4.78 is 8.70. The lowest BCUT2D eigenvalue weighted by Gasteiger charge is -2.07. The highest BCUT2D eigenvalue weighted by Gasteiger charge is 2.15. The predicted octanol–water partition coefficient (Wildman–Crippen LogP) is 5.84. The molecule has 140 valence electrons. The number of benzene rings is 2. The summed E-state index contributed by atoms with van der Waals surface area (Å²) in [5.74, 6) is 2.09. The smallest absolute Gasteiger partial charge is 0.226 e. The van der Waals surface area contributed by atoms with E-state index >= 15 is 0 Å². The molecule has 0 N–H and O–H groups in total. The second-order valence-electron chi connectivity index (χ2n) is 6.01. The highest BCUT2D eigenvalue weighted by atomic mass is 79.9. The van der Waals surface area contributed by atoms with Crippen molar-refractivity contribution < 1.29 is 4.42 Å². The van der Waals surface area contributed by atoms with Crippen LogP contribution in [0.5, 0.6) is 0 Å². The Morgan fingerprint density at radius 2 is 1.82 bits per heavy atom. The van der Waals surface area contributed by atoms with E-state index in [9.17, 15) is 0 Å². The van der Waals surface area contributed by atoms with Gasteiger partial charge < -0.3 is 4.42 Å². The third kappa shape index (κ3) is 4.10. The maximum Gasteiger partial charge on any atom is 0.226 e. The second-order valence-corrected chi connectivity index (χ2v) is 7.87. The van der Waals surface area contributed by atoms with E-state index in [0.717, 1.165) is 32.3 Å². The van der Waals surface area contributed by atoms with Crippen molar-refractivity contribution in [2.45, 2.75) is 17.5 Å². The van der Waals surface area contributed by atoms with Crippen LogP contribution in [-0.2, 0) is 12.3 Å². The average molecular weight is 453 g/mol. The van der Waals surface area contributed by atoms with Gasteiger partial charge in [0.15, 0.2) is 11.0 Å². The fourth-order valence-corrected chi connectivity index (χ4v) is 3.82. The topological polar surface area (TPSA) is 56.7 Å². The number of thioether (sulfide) groups is 1. The van der Waals surface area contributed by atoms with E-state index in [0.29, 0.717) is 18.2 Å². The Hall–Kier alpha value is -2.64. The van der Waals surface area contributed by atoms with Crippen molar-refractivity contribution in [2.75, 3.05) is 0 Å². The van der Waals surface area contributed by atoms with E-state index in [2.05, 4.69) is 42.3 Å². The first-order valence-electron chi connectivity index (χ1n) is 8.67. The summed E-state index contributed by atoms with van der Waals surface area (Å²) in [6, 6.07) is 17.9. The summed E-state index contributed by atoms with van der Waals surface area (Å²) in [6.07, 6.45) is 3.54. The van der Waals surface area contributed by atoms with Crippen LogP contribution in [0.2, 0.25) is 0 Å². The highest BCUT2D eigenvalue weighted by molar-refractivity contribution is 9.10. The molecule has 2 heterocycles. The highest BCUT2D eigenvalue weighted by Crippen LogP contribution is 2.28. The summed E-state index contributed by atoms with van der Waals surface area (Å²) in [7, 11) is 0. The van der Waals surface area contributed by atoms with Crippen LogP contribution in [-0.4, -0.2) is 19.7 Å². The molecule has 5 nitrogen and oxygen atoms in total. The standard InChI is InChI=1S/C21H17BrN4OS/c1-2-12-26-19(15-8-10-17(22)11-9-15)24-25-21(26)28-14-18-13-27-20(23-18)16-6-4-3-5-7-16/h2-11,13H,1,12,14H2. The quantitative estimate of drug-likeness (QED) is 0.260. The maximum atomic E-state index is 5.61. The maximum absolute atomic E-state index is 5.61. The summed E-state index contributed by atoms with van der Waals surface area (Å²) in [6.45, 7) is 4.49. The van der Waals surface area contributed by atoms with Gasteiger partial charge in [0.25, 0.3) is 0 Å². The molecule has 0 atom stereocenters. The summed E-state index contributed by atoms with van der Waals surface area (Å²) >= 11 is 5.04. The Labute approximate surface area is 175 Å². The normalized spacial score (nSPS) is 10.9. The Bertz CT molecular complexity index is 1070. The largest absolute Gasteiger partial charge is 0.444 e. The van der Waals surface area contributed by atoms with Gasteiger partial charge in [0.05, 0.1) is 5.69 Å². The number of allylic oxidation sites excluding steroid dienone is 1. The van der Waals surface area contributed by atoms with Crippen LogP contribution in [0.25, 0.3) is 22.8 Å². The van der Waals surface area contributed by atoms with E-state index in [-0.39, 0.29) is 0 Å². The minimum Gasteiger partial charge on any atom is -0.444 e. The second kappa shape index (κ2) is 8.58. The van der Waals surface area contributed by atoms with Gasteiger partial charge in [-0.2, -0.15) is 0 Å². The minimum atomic E-state index is 0.624. The Kier molecular flexibility index (Phi) is 5.73. The van der Waals surface area contributed by atoms with Crippen molar-refractivity contribution >= 4 is 27.7 Å². The van der Waals surface area contributed by atoms with Crippen LogP contribution < -0.4 is 0 Å². The van der Waals surface area contributed by atoms with E-state index < -0.39 is 0 Å². The molecule has 2 aromatic carbocycles. The Morgan fingerprint density at radius 3 is 2.57 bits per heavy atom. The average Bonchev–Trinajstić information content (AvgIpc) is 3.35. The number of aromatic nitrogens is 4. The van der Waals surface area contributed by atoms with Gasteiger partial charge in [-0.05, 0) is 24.3 Å². The molecule has 0 aliphatic heterocycles. The SMILES string of the molecule is C=CCn1c(SCc2coc(-c3ccccc3)n2)nnc1-c1ccc(Br)cc1. The van der Waals surface area contributed by atoms with Crippen molar-refractivity contribution in [3.8, 4) is 22.8 Å². The molecule has 7 heteroatoms. The van der Waals surface area contributed by atoms with Crippen molar-refractivity contribution in [2.24, 2.45) is 0 Å². The lowest BCUT2D eigenvalue weighted by molar-refractivity contribution is 0.573. The summed E-state index contributed by atoms with van der Waals surface area (Å²) in [5, 5.41) is 9.58. The molecule has 2 aromatic heterocycles. The molecular weight excluding hydrogens is 436 g/mol. The first-order chi connectivity index (χ1) is 13.7. The fraction of sp³-hybridized carbons (Fsp3) is 0.0952. The van der Waals surface area contributed by atoms with Gasteiger partial charge in [-0.1, -0.05) is 64.1 Å². The molecule has 28 heavy (non-hydrogen) atoms. The molecule has 0 bridgehead atoms. The summed E-state index contributed by atoms with van der Waals surface area (Å²) in [4.78, 5) is 4.58. The molecule has 0 saturated carbocycles. The third-order valence-electron chi connectivity index (χ3n) is 4.05. The van der Waals surface area contributed by atoms with Crippen LogP contribution in [0.4, 0.5) is 0 Å². The lowest BCUT2D eigenvalue weighted by atomic mass is 10.2. The van der Waals surface area contributed by atoms with Crippen LogP contribution >= 0.6 is 27.7 Å². The van der Waals surface area contributed by atoms with Gasteiger partial charge in [-0.15, -0.1) is 16.8 Å². The summed E-state index contributed by atoms with van der Waals surface area (Å²) in [5.41, 5.74) is 2.84. The van der Waals surface area contributed by atoms with Crippen molar-refractivity contribution in [1.29, 1.82) is 0 Å². The van der Waals surface area contributed by atoms with Gasteiger partial charge in [0.2, 0.25) is 5.89 Å². The van der Waals surface area contributed by atoms with Gasteiger partial charge in [0, 0.05) is 27.9 Å². The fourth-order valence-electron chi connectivity index (χ4n) is 2.73. The molecule has 0 aliphatic rings. The number of hydrogen-bond acceptors (Lipinski definition) is 5. The monoisotopic (exact) mass is 452 g/mol. The molecule has 0 fully saturated rings. The third-order valence-corrected chi connectivity index (χ3v) is 5.58. The van der Waals surface area contributed by atoms with Crippen LogP contribution in [0, 0.1) is 0 Å². The van der Waals surface area contributed by atoms with Crippen molar-refractivity contribution in [3.05, 3.63) is 83.7 Å². The zero-order valence-electron chi connectivity index (χ0n) is 15.0. The first kappa shape index (κ1) is 18.7. The Morgan fingerprint density at radius 1 is 1.04 bits per heavy atom. The van der Waals surface area contributed by atoms with Crippen LogP contribution in [0.3, 0.4) is 0 Å². The number of oxazole rings is 1. The molecule has 0 unspecified atom stereocenters. The lowest BCUT2D eigenvalue weighted by Crippen LogP contribution is -2.00. The molecule has 0 saturated heterocycles. The minimum absolute atomic E-state index is 0.624. The van der Waals surface area contributed by atoms with Gasteiger partial charge in [-0.25, -0.2) is 4.98 Å². The van der Waals surface area contributed by atoms with Gasteiger partial charge in [-0.3, -0.25) is 4.57 Å². The molecule has 0 aliphatic carbocycles. The zero-order chi connectivity index (χ0) is 19.3. The Balaban J connectivity index is 1.53. The van der Waals surface area contributed by atoms with Crippen molar-refractivity contribution in [1.82, 2.24) is 19.7 Å². The van der Waals surface area contributed by atoms with E-state index in [1.165, 1.54) is 0 Å². The molecule has 0 radical (unpaired) electrons. The van der Waals surface area contributed by atoms with E-state index in [1.54, 1.807) is 18.0 Å². The molecule has 0 amide bonds. The molecule has 0 spiro atoms. The molecule has 4 rings (SSSR count). The predicted molar refractivity (Wildman–Crippen MR) is 115 cm³/mol. The van der Waals surface area contributed by atoms with Crippen molar-refractivity contribution in [3.63, 3.8) is 0 Å². The molecule has 4 aromatic rings. The number of halogens is 1. The number of rotatable bonds is 7. The van der Waals surface area contributed by atoms with E-state index in [1.807, 2.05) is 60.7 Å². The first-order valence-corrected chi connectivity index (χ1v) is 10.4. The number of nitrogens with zero attached hydrogens (tertiary/aromatic N) is 4. The number of hydrogen-bond donors (Lipinski definition) is 0. The van der Waals surface area contributed by atoms with Crippen LogP contribution in [0.1, 0.15) is 5.69 Å². The van der Waals surface area contributed by atoms with E-state index in [4.69, 9.17) is 4.42 Å². The zero-order valence-corrected chi connectivity index (χ0v) is 17.4. The van der Waals surface area contributed by atoms with Crippen LogP contribution in [0.15, 0.2) is 87.6 Å².